The smallest absolute Gasteiger partial charge is 0.128 e. The summed E-state index contributed by atoms with van der Waals surface area (Å²) >= 11 is 1.49. The molecular weight excluding hydrogens is 218 g/mol. The van der Waals surface area contributed by atoms with Gasteiger partial charge < -0.3 is 10.6 Å². The Hall–Kier alpha value is -0.760. The number of nitrogens with zero attached hydrogens (tertiary/aromatic N) is 2. The van der Waals surface area contributed by atoms with Crippen molar-refractivity contribution in [2.75, 3.05) is 18.0 Å². The molecule has 1 aliphatic rings. The molecule has 76 valence electrons. The van der Waals surface area contributed by atoms with Gasteiger partial charge in [-0.2, -0.15) is 5.26 Å². The molecule has 0 aromatic carbocycles. The molecule has 2 rings (SSSR count). The quantitative estimate of drug-likeness (QED) is 0.796. The Morgan fingerprint density at radius 2 is 2.43 bits per heavy atom. The van der Waals surface area contributed by atoms with E-state index in [9.17, 15) is 0 Å². The molecule has 0 amide bonds. The third-order valence-electron chi connectivity index (χ3n) is 2.31. The Morgan fingerprint density at radius 1 is 1.64 bits per heavy atom. The third kappa shape index (κ3) is 2.01. The van der Waals surface area contributed by atoms with Crippen molar-refractivity contribution >= 4 is 29.4 Å². The zero-order chi connectivity index (χ0) is 9.26. The molecule has 2 N–H and O–H groups in total. The molecule has 1 atom stereocenters. The Morgan fingerprint density at radius 3 is 3.00 bits per heavy atom. The molecular formula is C9H12ClN3S. The van der Waals surface area contributed by atoms with Crippen LogP contribution in [0.3, 0.4) is 0 Å². The topological polar surface area (TPSA) is 53.0 Å². The molecule has 2 heterocycles. The maximum absolute atomic E-state index is 8.84. The van der Waals surface area contributed by atoms with Crippen molar-refractivity contribution in [3.63, 3.8) is 0 Å². The SMILES string of the molecule is Cl.N#Cc1sccc1N1CCC(N)C1. The second-order valence-corrected chi connectivity index (χ2v) is 4.16. The van der Waals surface area contributed by atoms with Crippen LogP contribution in [0.4, 0.5) is 5.69 Å². The first-order chi connectivity index (χ1) is 6.31. The Bertz CT molecular complexity index is 344. The minimum Gasteiger partial charge on any atom is -0.368 e. The Kier molecular flexibility index (Phi) is 3.76. The monoisotopic (exact) mass is 229 g/mol. The summed E-state index contributed by atoms with van der Waals surface area (Å²) < 4.78 is 0. The number of nitrogens with two attached hydrogens (primary N) is 1. The molecule has 5 heteroatoms. The van der Waals surface area contributed by atoms with Gasteiger partial charge in [-0.3, -0.25) is 0 Å². The summed E-state index contributed by atoms with van der Waals surface area (Å²) in [6, 6.07) is 4.47. The number of rotatable bonds is 1. The maximum atomic E-state index is 8.84. The van der Waals surface area contributed by atoms with Crippen molar-refractivity contribution in [2.45, 2.75) is 12.5 Å². The van der Waals surface area contributed by atoms with Gasteiger partial charge in [0.05, 0.1) is 5.69 Å². The molecule has 1 aromatic heterocycles. The summed E-state index contributed by atoms with van der Waals surface area (Å²) in [7, 11) is 0. The zero-order valence-corrected chi connectivity index (χ0v) is 9.27. The molecule has 1 aliphatic heterocycles. The van der Waals surface area contributed by atoms with E-state index < -0.39 is 0 Å². The van der Waals surface area contributed by atoms with Crippen molar-refractivity contribution in [3.8, 4) is 6.07 Å². The van der Waals surface area contributed by atoms with Gasteiger partial charge in [0.1, 0.15) is 10.9 Å². The first kappa shape index (κ1) is 11.3. The van der Waals surface area contributed by atoms with Crippen LogP contribution >= 0.6 is 23.7 Å². The molecule has 0 aliphatic carbocycles. The second-order valence-electron chi connectivity index (χ2n) is 3.24. The van der Waals surface area contributed by atoms with Crippen molar-refractivity contribution in [1.29, 1.82) is 5.26 Å². The molecule has 0 saturated carbocycles. The number of thiophene rings is 1. The fraction of sp³-hybridized carbons (Fsp3) is 0.444. The lowest BCUT2D eigenvalue weighted by Gasteiger charge is -2.16. The lowest BCUT2D eigenvalue weighted by molar-refractivity contribution is 0.752. The first-order valence-electron chi connectivity index (χ1n) is 4.29. The van der Waals surface area contributed by atoms with Crippen LogP contribution in [0.5, 0.6) is 0 Å². The highest BCUT2D eigenvalue weighted by atomic mass is 35.5. The third-order valence-corrected chi connectivity index (χ3v) is 3.12. The number of hydrogen-bond donors (Lipinski definition) is 1. The van der Waals surface area contributed by atoms with E-state index in [1.807, 2.05) is 11.4 Å². The summed E-state index contributed by atoms with van der Waals surface area (Å²) in [6.45, 7) is 1.86. The van der Waals surface area contributed by atoms with Crippen LogP contribution in [0.1, 0.15) is 11.3 Å². The van der Waals surface area contributed by atoms with E-state index in [0.717, 1.165) is 30.1 Å². The molecule has 1 saturated heterocycles. The van der Waals surface area contributed by atoms with Crippen molar-refractivity contribution < 1.29 is 0 Å². The highest BCUT2D eigenvalue weighted by Gasteiger charge is 2.21. The minimum atomic E-state index is 0. The van der Waals surface area contributed by atoms with Gasteiger partial charge in [0.2, 0.25) is 0 Å². The molecule has 0 spiro atoms. The molecule has 0 bridgehead atoms. The van der Waals surface area contributed by atoms with Crippen molar-refractivity contribution in [2.24, 2.45) is 5.73 Å². The van der Waals surface area contributed by atoms with Gasteiger partial charge in [0.25, 0.3) is 0 Å². The van der Waals surface area contributed by atoms with E-state index >= 15 is 0 Å². The van der Waals surface area contributed by atoms with Gasteiger partial charge >= 0.3 is 0 Å². The van der Waals surface area contributed by atoms with E-state index in [4.69, 9.17) is 11.0 Å². The summed E-state index contributed by atoms with van der Waals surface area (Å²) in [5, 5.41) is 10.8. The van der Waals surface area contributed by atoms with E-state index in [-0.39, 0.29) is 18.4 Å². The second kappa shape index (κ2) is 4.65. The van der Waals surface area contributed by atoms with E-state index in [1.165, 1.54) is 11.3 Å². The fourth-order valence-corrected chi connectivity index (χ4v) is 2.34. The van der Waals surface area contributed by atoms with Crippen LogP contribution in [0.15, 0.2) is 11.4 Å². The van der Waals surface area contributed by atoms with Crippen LogP contribution in [0.2, 0.25) is 0 Å². The van der Waals surface area contributed by atoms with E-state index in [0.29, 0.717) is 0 Å². The highest BCUT2D eigenvalue weighted by molar-refractivity contribution is 7.11. The zero-order valence-electron chi connectivity index (χ0n) is 7.64. The van der Waals surface area contributed by atoms with E-state index in [2.05, 4.69) is 11.0 Å². The molecule has 1 aromatic rings. The van der Waals surface area contributed by atoms with Crippen LogP contribution in [-0.4, -0.2) is 19.1 Å². The van der Waals surface area contributed by atoms with Gasteiger partial charge in [-0.15, -0.1) is 23.7 Å². The highest BCUT2D eigenvalue weighted by Crippen LogP contribution is 2.27. The van der Waals surface area contributed by atoms with E-state index in [1.54, 1.807) is 0 Å². The van der Waals surface area contributed by atoms with Gasteiger partial charge in [-0.25, -0.2) is 0 Å². The summed E-state index contributed by atoms with van der Waals surface area (Å²) in [4.78, 5) is 2.99. The lowest BCUT2D eigenvalue weighted by Crippen LogP contribution is -2.26. The molecule has 3 nitrogen and oxygen atoms in total. The van der Waals surface area contributed by atoms with Crippen LogP contribution in [-0.2, 0) is 0 Å². The van der Waals surface area contributed by atoms with Crippen LogP contribution < -0.4 is 10.6 Å². The number of nitriles is 1. The summed E-state index contributed by atoms with van der Waals surface area (Å²) in [6.07, 6.45) is 1.03. The predicted molar refractivity (Wildman–Crippen MR) is 61.1 cm³/mol. The maximum Gasteiger partial charge on any atom is 0.128 e. The molecule has 1 fully saturated rings. The van der Waals surface area contributed by atoms with Gasteiger partial charge in [0.15, 0.2) is 0 Å². The average Bonchev–Trinajstić information content (AvgIpc) is 2.71. The number of hydrogen-bond acceptors (Lipinski definition) is 4. The Labute approximate surface area is 93.5 Å². The van der Waals surface area contributed by atoms with Gasteiger partial charge in [-0.05, 0) is 17.9 Å². The first-order valence-corrected chi connectivity index (χ1v) is 5.17. The minimum absolute atomic E-state index is 0. The van der Waals surface area contributed by atoms with Gasteiger partial charge in [0, 0.05) is 19.1 Å². The fourth-order valence-electron chi connectivity index (χ4n) is 1.64. The molecule has 0 radical (unpaired) electrons. The standard InChI is InChI=1S/C9H11N3S.ClH/c10-5-9-8(2-4-13-9)12-3-1-7(11)6-12;/h2,4,7H,1,3,6,11H2;1H. The summed E-state index contributed by atoms with van der Waals surface area (Å²) in [5.41, 5.74) is 6.86. The largest absolute Gasteiger partial charge is 0.368 e. The summed E-state index contributed by atoms with van der Waals surface area (Å²) in [5.74, 6) is 0. The number of halogens is 1. The van der Waals surface area contributed by atoms with Crippen molar-refractivity contribution in [3.05, 3.63) is 16.3 Å². The Balaban J connectivity index is 0.000000980. The number of anilines is 1. The average molecular weight is 230 g/mol. The van der Waals surface area contributed by atoms with Crippen LogP contribution in [0, 0.1) is 11.3 Å². The predicted octanol–water partition coefficient (Wildman–Crippen LogP) is 1.58. The lowest BCUT2D eigenvalue weighted by atomic mass is 10.3. The molecule has 1 unspecified atom stereocenters. The molecule has 14 heavy (non-hydrogen) atoms. The normalized spacial score (nSPS) is 20.3. The van der Waals surface area contributed by atoms with Crippen LogP contribution in [0.25, 0.3) is 0 Å². The van der Waals surface area contributed by atoms with Gasteiger partial charge in [-0.1, -0.05) is 0 Å². The van der Waals surface area contributed by atoms with Crippen molar-refractivity contribution in [1.82, 2.24) is 0 Å².